The van der Waals surface area contributed by atoms with Crippen LogP contribution in [0.15, 0.2) is 6.33 Å². The highest BCUT2D eigenvalue weighted by molar-refractivity contribution is 5.21. The van der Waals surface area contributed by atoms with Crippen molar-refractivity contribution in [3.05, 3.63) is 17.7 Å². The standard InChI is InChI=1S/C9H16N4/c1-12-4-3-7-9(8(12)5-10)13(2)6-11-7/h6,8H,3-5,10H2,1-2H3. The van der Waals surface area contributed by atoms with Gasteiger partial charge in [0.05, 0.1) is 23.8 Å². The number of hydrogen-bond donors (Lipinski definition) is 1. The quantitative estimate of drug-likeness (QED) is 0.657. The van der Waals surface area contributed by atoms with Crippen molar-refractivity contribution < 1.29 is 0 Å². The minimum Gasteiger partial charge on any atom is -0.336 e. The van der Waals surface area contributed by atoms with E-state index in [2.05, 4.69) is 21.5 Å². The molecule has 2 heterocycles. The van der Waals surface area contributed by atoms with E-state index in [1.165, 1.54) is 11.4 Å². The largest absolute Gasteiger partial charge is 0.336 e. The minimum atomic E-state index is 0.344. The molecule has 0 saturated heterocycles. The molecule has 0 bridgehead atoms. The molecule has 0 radical (unpaired) electrons. The van der Waals surface area contributed by atoms with Crippen molar-refractivity contribution in [3.8, 4) is 0 Å². The third-order valence-corrected chi connectivity index (χ3v) is 2.83. The molecular weight excluding hydrogens is 164 g/mol. The van der Waals surface area contributed by atoms with E-state index in [4.69, 9.17) is 5.73 Å². The van der Waals surface area contributed by atoms with Crippen molar-refractivity contribution >= 4 is 0 Å². The average molecular weight is 180 g/mol. The van der Waals surface area contributed by atoms with Crippen LogP contribution in [-0.4, -0.2) is 34.6 Å². The summed E-state index contributed by atoms with van der Waals surface area (Å²) in [5.41, 5.74) is 8.26. The minimum absolute atomic E-state index is 0.344. The van der Waals surface area contributed by atoms with Gasteiger partial charge in [0.15, 0.2) is 0 Å². The highest BCUT2D eigenvalue weighted by Gasteiger charge is 2.26. The van der Waals surface area contributed by atoms with Crippen molar-refractivity contribution in [2.75, 3.05) is 20.1 Å². The molecule has 1 aromatic rings. The maximum Gasteiger partial charge on any atom is 0.0949 e. The molecule has 2 rings (SSSR count). The SMILES string of the molecule is CN1CCc2ncn(C)c2C1CN. The molecule has 2 N–H and O–H groups in total. The van der Waals surface area contributed by atoms with E-state index < -0.39 is 0 Å². The molecule has 0 amide bonds. The highest BCUT2D eigenvalue weighted by Crippen LogP contribution is 2.25. The second-order valence-corrected chi connectivity index (χ2v) is 3.67. The van der Waals surface area contributed by atoms with E-state index in [0.29, 0.717) is 12.6 Å². The summed E-state index contributed by atoms with van der Waals surface area (Å²) in [6, 6.07) is 0.344. The van der Waals surface area contributed by atoms with E-state index in [-0.39, 0.29) is 0 Å². The van der Waals surface area contributed by atoms with Crippen LogP contribution in [0.25, 0.3) is 0 Å². The predicted octanol–water partition coefficient (Wildman–Crippen LogP) is -0.0922. The Balaban J connectivity index is 2.42. The van der Waals surface area contributed by atoms with Crippen molar-refractivity contribution in [2.24, 2.45) is 12.8 Å². The topological polar surface area (TPSA) is 47.1 Å². The summed E-state index contributed by atoms with van der Waals surface area (Å²) in [6.45, 7) is 1.73. The molecule has 0 saturated carbocycles. The number of likely N-dealkylation sites (N-methyl/N-ethyl adjacent to an activating group) is 1. The molecule has 0 spiro atoms. The van der Waals surface area contributed by atoms with E-state index in [1.54, 1.807) is 0 Å². The molecule has 1 aliphatic heterocycles. The fourth-order valence-corrected chi connectivity index (χ4v) is 2.05. The van der Waals surface area contributed by atoms with Crippen molar-refractivity contribution in [3.63, 3.8) is 0 Å². The number of fused-ring (bicyclic) bond motifs is 1. The summed E-state index contributed by atoms with van der Waals surface area (Å²) < 4.78 is 2.09. The number of rotatable bonds is 1. The van der Waals surface area contributed by atoms with Gasteiger partial charge in [-0.1, -0.05) is 0 Å². The van der Waals surface area contributed by atoms with E-state index >= 15 is 0 Å². The maximum atomic E-state index is 5.75. The Bertz CT molecular complexity index is 305. The first-order chi connectivity index (χ1) is 6.24. The van der Waals surface area contributed by atoms with E-state index in [1.807, 2.05) is 13.4 Å². The monoisotopic (exact) mass is 180 g/mol. The van der Waals surface area contributed by atoms with Gasteiger partial charge in [0.1, 0.15) is 0 Å². The molecule has 0 fully saturated rings. The molecule has 4 nitrogen and oxygen atoms in total. The van der Waals surface area contributed by atoms with Crippen LogP contribution in [0.5, 0.6) is 0 Å². The van der Waals surface area contributed by atoms with E-state index in [0.717, 1.165) is 13.0 Å². The molecule has 4 heteroatoms. The lowest BCUT2D eigenvalue weighted by molar-refractivity contribution is 0.227. The average Bonchev–Trinajstić information content (AvgIpc) is 2.49. The maximum absolute atomic E-state index is 5.75. The summed E-state index contributed by atoms with van der Waals surface area (Å²) >= 11 is 0. The summed E-state index contributed by atoms with van der Waals surface area (Å²) in [5, 5.41) is 0. The van der Waals surface area contributed by atoms with Gasteiger partial charge < -0.3 is 10.3 Å². The number of imidazole rings is 1. The molecule has 72 valence electrons. The number of aryl methyl sites for hydroxylation is 1. The van der Waals surface area contributed by atoms with E-state index in [9.17, 15) is 0 Å². The second kappa shape index (κ2) is 3.12. The third kappa shape index (κ3) is 1.26. The lowest BCUT2D eigenvalue weighted by Gasteiger charge is -2.31. The first kappa shape index (κ1) is 8.72. The molecule has 1 atom stereocenters. The first-order valence-electron chi connectivity index (χ1n) is 4.64. The Kier molecular flexibility index (Phi) is 2.09. The van der Waals surface area contributed by atoms with Crippen LogP contribution in [0, 0.1) is 0 Å². The third-order valence-electron chi connectivity index (χ3n) is 2.83. The molecule has 0 aromatic carbocycles. The van der Waals surface area contributed by atoms with Gasteiger partial charge in [0.2, 0.25) is 0 Å². The second-order valence-electron chi connectivity index (χ2n) is 3.67. The molecule has 1 aromatic heterocycles. The Labute approximate surface area is 78.4 Å². The predicted molar refractivity (Wildman–Crippen MR) is 51.3 cm³/mol. The van der Waals surface area contributed by atoms with Crippen LogP contribution in [0.4, 0.5) is 0 Å². The van der Waals surface area contributed by atoms with Crippen LogP contribution in [0.3, 0.4) is 0 Å². The summed E-state index contributed by atoms with van der Waals surface area (Å²) in [7, 11) is 4.15. The summed E-state index contributed by atoms with van der Waals surface area (Å²) in [6.07, 6.45) is 2.93. The van der Waals surface area contributed by atoms with Crippen LogP contribution < -0.4 is 5.73 Å². The number of hydrogen-bond acceptors (Lipinski definition) is 3. The van der Waals surface area contributed by atoms with Gasteiger partial charge in [-0.3, -0.25) is 4.90 Å². The van der Waals surface area contributed by atoms with Crippen LogP contribution in [-0.2, 0) is 13.5 Å². The Morgan fingerprint density at radius 2 is 2.38 bits per heavy atom. The molecular formula is C9H16N4. The fourth-order valence-electron chi connectivity index (χ4n) is 2.05. The number of aromatic nitrogens is 2. The van der Waals surface area contributed by atoms with Crippen molar-refractivity contribution in [2.45, 2.75) is 12.5 Å². The lowest BCUT2D eigenvalue weighted by atomic mass is 10.0. The van der Waals surface area contributed by atoms with Gasteiger partial charge in [-0.2, -0.15) is 0 Å². The normalized spacial score (nSPS) is 23.2. The van der Waals surface area contributed by atoms with Gasteiger partial charge in [-0.15, -0.1) is 0 Å². The summed E-state index contributed by atoms with van der Waals surface area (Å²) in [5.74, 6) is 0. The Morgan fingerprint density at radius 3 is 3.08 bits per heavy atom. The zero-order chi connectivity index (χ0) is 9.42. The number of nitrogens with two attached hydrogens (primary N) is 1. The molecule has 1 unspecified atom stereocenters. The zero-order valence-electron chi connectivity index (χ0n) is 8.20. The van der Waals surface area contributed by atoms with Gasteiger partial charge in [0, 0.05) is 26.6 Å². The summed E-state index contributed by atoms with van der Waals surface area (Å²) in [4.78, 5) is 6.67. The van der Waals surface area contributed by atoms with Crippen LogP contribution in [0.1, 0.15) is 17.4 Å². The zero-order valence-corrected chi connectivity index (χ0v) is 8.20. The smallest absolute Gasteiger partial charge is 0.0949 e. The molecule has 0 aliphatic carbocycles. The molecule has 1 aliphatic rings. The van der Waals surface area contributed by atoms with Gasteiger partial charge >= 0.3 is 0 Å². The van der Waals surface area contributed by atoms with Crippen LogP contribution in [0.2, 0.25) is 0 Å². The van der Waals surface area contributed by atoms with Gasteiger partial charge in [-0.05, 0) is 7.05 Å². The van der Waals surface area contributed by atoms with Gasteiger partial charge in [-0.25, -0.2) is 4.98 Å². The Hall–Kier alpha value is -0.870. The van der Waals surface area contributed by atoms with Gasteiger partial charge in [0.25, 0.3) is 0 Å². The molecule has 13 heavy (non-hydrogen) atoms. The number of nitrogens with zero attached hydrogens (tertiary/aromatic N) is 3. The first-order valence-corrected chi connectivity index (χ1v) is 4.64. The Morgan fingerprint density at radius 1 is 1.62 bits per heavy atom. The lowest BCUT2D eigenvalue weighted by Crippen LogP contribution is -2.37. The highest BCUT2D eigenvalue weighted by atomic mass is 15.2. The van der Waals surface area contributed by atoms with Crippen molar-refractivity contribution in [1.82, 2.24) is 14.5 Å². The van der Waals surface area contributed by atoms with Crippen molar-refractivity contribution in [1.29, 1.82) is 0 Å². The fraction of sp³-hybridized carbons (Fsp3) is 0.667. The van der Waals surface area contributed by atoms with Crippen LogP contribution >= 0.6 is 0 Å².